The van der Waals surface area contributed by atoms with E-state index in [1.807, 2.05) is 0 Å². The highest BCUT2D eigenvalue weighted by Gasteiger charge is 2.24. The molecule has 0 amide bonds. The highest BCUT2D eigenvalue weighted by atomic mass is 32.1. The van der Waals surface area contributed by atoms with Crippen molar-refractivity contribution in [3.05, 3.63) is 181 Å². The maximum atomic E-state index is 9.91. The summed E-state index contributed by atoms with van der Waals surface area (Å²) in [5.74, 6) is -2.95. The van der Waals surface area contributed by atoms with Gasteiger partial charge in [-0.25, -0.2) is 0 Å². The van der Waals surface area contributed by atoms with E-state index in [0.29, 0.717) is 11.3 Å². The lowest BCUT2D eigenvalue weighted by molar-refractivity contribution is 0.892. The van der Waals surface area contributed by atoms with Gasteiger partial charge in [-0.15, -0.1) is 11.3 Å². The van der Waals surface area contributed by atoms with E-state index in [9.17, 15) is 17.8 Å². The highest BCUT2D eigenvalue weighted by Crippen LogP contribution is 2.44. The van der Waals surface area contributed by atoms with Crippen LogP contribution in [0.5, 0.6) is 0 Å². The topological polar surface area (TPSA) is 53.5 Å². The van der Waals surface area contributed by atoms with Gasteiger partial charge in [0.25, 0.3) is 0 Å². The van der Waals surface area contributed by atoms with Gasteiger partial charge in [-0.2, -0.15) is 15.0 Å². The summed E-state index contributed by atoms with van der Waals surface area (Å²) in [6.07, 6.45) is 0. The van der Waals surface area contributed by atoms with Crippen molar-refractivity contribution in [3.8, 4) is 29.0 Å². The Bertz CT molecular complexity index is 5260. The van der Waals surface area contributed by atoms with Crippen LogP contribution >= 0.6 is 11.3 Å². The Kier molecular flexibility index (Phi) is 2.97. The van der Waals surface area contributed by atoms with Gasteiger partial charge in [0, 0.05) is 58.1 Å². The molecule has 58 heavy (non-hydrogen) atoms. The molecule has 13 aromatic rings. The summed E-state index contributed by atoms with van der Waals surface area (Å²) in [5.41, 5.74) is -5.50. The van der Waals surface area contributed by atoms with Gasteiger partial charge >= 0.3 is 0 Å². The van der Waals surface area contributed by atoms with E-state index in [0.717, 1.165) is 13.7 Å². The average molecular weight is 789 g/mol. The summed E-state index contributed by atoms with van der Waals surface area (Å²) in [6.45, 7) is 0. The van der Waals surface area contributed by atoms with Crippen LogP contribution in [0, 0.1) is 0 Å². The van der Waals surface area contributed by atoms with Crippen LogP contribution in [0.15, 0.2) is 181 Å². The molecule has 0 atom stereocenters. The lowest BCUT2D eigenvalue weighted by Crippen LogP contribution is -2.11. The van der Waals surface area contributed by atoms with Crippen LogP contribution in [0.3, 0.4) is 0 Å². The second kappa shape index (κ2) is 11.9. The van der Waals surface area contributed by atoms with Crippen molar-refractivity contribution < 1.29 is 41.1 Å². The Morgan fingerprint density at radius 2 is 0.793 bits per heavy atom. The summed E-state index contributed by atoms with van der Waals surface area (Å²) in [5, 5.41) is -3.77. The van der Waals surface area contributed by atoms with Crippen LogP contribution in [0.4, 0.5) is 0 Å². The van der Waals surface area contributed by atoms with E-state index in [-0.39, 0.29) is 20.2 Å². The van der Waals surface area contributed by atoms with E-state index < -0.39 is 276 Å². The molecule has 0 aliphatic rings. The maximum absolute atomic E-state index is 9.91. The van der Waals surface area contributed by atoms with Gasteiger partial charge < -0.3 is 4.57 Å². The van der Waals surface area contributed by atoms with Crippen LogP contribution in [0.25, 0.3) is 115 Å². The zero-order valence-corrected chi connectivity index (χ0v) is 29.4. The third kappa shape index (κ3) is 4.33. The lowest BCUT2D eigenvalue weighted by atomic mass is 10.1. The van der Waals surface area contributed by atoms with Crippen molar-refractivity contribution in [2.24, 2.45) is 0 Å². The molecule has 0 radical (unpaired) electrons. The number of para-hydroxylation sites is 6. The number of thiophene rings is 1. The molecular formula is C51H30N6S. The molecule has 8 aromatic carbocycles. The number of benzene rings is 8. The number of rotatable bonds is 4. The van der Waals surface area contributed by atoms with Gasteiger partial charge in [-0.1, -0.05) is 127 Å². The molecule has 0 unspecified atom stereocenters. The Hall–Kier alpha value is -7.61. The second-order valence-corrected chi connectivity index (χ2v) is 13.6. The maximum Gasteiger partial charge on any atom is 0.240 e. The summed E-state index contributed by atoms with van der Waals surface area (Å²) in [4.78, 5) is 14.1. The van der Waals surface area contributed by atoms with Crippen molar-refractivity contribution in [3.63, 3.8) is 0 Å². The molecule has 0 bridgehead atoms. The lowest BCUT2D eigenvalue weighted by Gasteiger charge is -2.16. The Morgan fingerprint density at radius 1 is 0.362 bits per heavy atom. The van der Waals surface area contributed by atoms with Gasteiger partial charge in [0.05, 0.1) is 79.9 Å². The van der Waals surface area contributed by atoms with Crippen molar-refractivity contribution >= 4 is 96.9 Å². The minimum absolute atomic E-state index is 0.177. The van der Waals surface area contributed by atoms with Crippen molar-refractivity contribution in [1.29, 1.82) is 0 Å². The SMILES string of the molecule is [2H]c1c([2H])c([2H])c(-n2c3c([2H])c([2H])c([2H])c([2H])c3c3c([2H])c([2H])c4sc5c([2H])c([2H])c([2H])c([2H])c5c4c32)c(-c2nc(-n3c4c([2H])c([2H])c([2H])c([2H])c4c4c([2H])c([2H])c([2H])c([2H])c43)nc(-n3c4c([2H])c([2H])c([2H])c([2H])c4c4c([2H])c([2H])c([2H])c([2H])c43)n2)c1[2H]. The van der Waals surface area contributed by atoms with E-state index in [1.54, 1.807) is 0 Å². The van der Waals surface area contributed by atoms with Crippen LogP contribution in [-0.4, -0.2) is 28.7 Å². The zero-order chi connectivity index (χ0) is 64.0. The number of aromatic nitrogens is 6. The molecule has 0 saturated carbocycles. The third-order valence-corrected chi connectivity index (χ3v) is 10.7. The van der Waals surface area contributed by atoms with Crippen molar-refractivity contribution in [2.75, 3.05) is 0 Å². The standard InChI is InChI=1S/C51H30N6S/c1-9-23-40-31(15-1)32-16-2-10-24-41(32)56(40)50-52-49(53-51(54-50)57-42-25-11-3-17-33(42)34-18-4-12-26-43(34)57)37-20-6-13-27-44(37)55-39-22-8-5-19-35(39)36-29-30-46-47(48(36)55)38-21-7-14-28-45(38)58-46/h1-30H/i1D,2D,3D,4D,5D,6D,7D,8D,9D,10D,11D,12D,13D,14D,15D,16D,17D,18D,19D,20D,21D,22D,23D,24D,25D,26D,27D,28D,29D,30D. The molecule has 0 aliphatic carbocycles. The van der Waals surface area contributed by atoms with E-state index in [2.05, 4.69) is 4.98 Å². The molecule has 5 heterocycles. The Morgan fingerprint density at radius 3 is 1.34 bits per heavy atom. The van der Waals surface area contributed by atoms with Gasteiger partial charge in [0.1, 0.15) is 0 Å². The minimum Gasteiger partial charge on any atom is -0.308 e. The molecule has 0 fully saturated rings. The summed E-state index contributed by atoms with van der Waals surface area (Å²) < 4.78 is 276. The van der Waals surface area contributed by atoms with E-state index in [4.69, 9.17) is 33.3 Å². The Labute approximate surface area is 377 Å². The Balaban J connectivity index is 1.35. The normalized spacial score (nSPS) is 19.4. The van der Waals surface area contributed by atoms with Crippen LogP contribution < -0.4 is 0 Å². The largest absolute Gasteiger partial charge is 0.308 e. The molecule has 0 spiro atoms. The quantitative estimate of drug-likeness (QED) is 0.178. The monoisotopic (exact) mass is 788 g/mol. The van der Waals surface area contributed by atoms with Crippen LogP contribution in [0.2, 0.25) is 0 Å². The first kappa shape index (κ1) is 14.4. The molecule has 270 valence electrons. The molecule has 0 saturated heterocycles. The number of hydrogen-bond donors (Lipinski definition) is 0. The zero-order valence-electron chi connectivity index (χ0n) is 58.6. The molecule has 13 rings (SSSR count). The summed E-state index contributed by atoms with van der Waals surface area (Å²) in [7, 11) is 0. The summed E-state index contributed by atoms with van der Waals surface area (Å²) >= 11 is 0.639. The van der Waals surface area contributed by atoms with E-state index >= 15 is 0 Å². The molecule has 0 aliphatic heterocycles. The second-order valence-electron chi connectivity index (χ2n) is 12.6. The number of fused-ring (bicyclic) bond motifs is 13. The first-order valence-corrected chi connectivity index (χ1v) is 17.8. The molecule has 0 N–H and O–H groups in total. The fraction of sp³-hybridized carbons (Fsp3) is 0. The van der Waals surface area contributed by atoms with Crippen molar-refractivity contribution in [2.45, 2.75) is 0 Å². The average Bonchev–Trinajstić information content (AvgIpc) is 1.54. The highest BCUT2D eigenvalue weighted by molar-refractivity contribution is 7.26. The van der Waals surface area contributed by atoms with Gasteiger partial charge in [-0.05, 0) is 54.4 Å². The predicted octanol–water partition coefficient (Wildman–Crippen LogP) is 13.2. The van der Waals surface area contributed by atoms with Gasteiger partial charge in [-0.3, -0.25) is 9.13 Å². The third-order valence-electron chi connectivity index (χ3n) is 9.67. The first-order chi connectivity index (χ1) is 41.3. The first-order valence-electron chi connectivity index (χ1n) is 32.0. The molecule has 6 nitrogen and oxygen atoms in total. The van der Waals surface area contributed by atoms with Crippen LogP contribution in [0.1, 0.15) is 41.1 Å². The fourth-order valence-corrected chi connectivity index (χ4v) is 8.34. The van der Waals surface area contributed by atoms with Gasteiger partial charge in [0.15, 0.2) is 5.82 Å². The predicted molar refractivity (Wildman–Crippen MR) is 241 cm³/mol. The van der Waals surface area contributed by atoms with Gasteiger partial charge in [0.2, 0.25) is 11.9 Å². The molecule has 5 aromatic heterocycles. The smallest absolute Gasteiger partial charge is 0.240 e. The molecule has 7 heteroatoms. The van der Waals surface area contributed by atoms with Crippen LogP contribution in [-0.2, 0) is 0 Å². The summed E-state index contributed by atoms with van der Waals surface area (Å²) in [6, 6.07) is -26.4. The minimum atomic E-state index is -1.11. The van der Waals surface area contributed by atoms with Crippen molar-refractivity contribution in [1.82, 2.24) is 28.7 Å². The number of hydrogen-bond acceptors (Lipinski definition) is 4. The molecular weight excluding hydrogens is 729 g/mol. The number of nitrogens with zero attached hydrogens (tertiary/aromatic N) is 6. The fourth-order valence-electron chi connectivity index (χ4n) is 7.37. The van der Waals surface area contributed by atoms with E-state index in [1.165, 1.54) is 0 Å².